The molecule has 1 N–H and O–H groups in total. The molecule has 106 valence electrons. The quantitative estimate of drug-likeness (QED) is 0.871. The second-order valence-corrected chi connectivity index (χ2v) is 7.49. The fourth-order valence-corrected chi connectivity index (χ4v) is 2.31. The summed E-state index contributed by atoms with van der Waals surface area (Å²) in [6, 6.07) is 7.65. The summed E-state index contributed by atoms with van der Waals surface area (Å²) in [5.74, 6) is 0.160. The fraction of sp³-hybridized carbons (Fsp3) is 0.500. The average molecular weight is 283 g/mol. The molecule has 0 aliphatic carbocycles. The van der Waals surface area contributed by atoms with Crippen molar-refractivity contribution in [1.29, 1.82) is 0 Å². The standard InChI is InChI=1S/C14H21NO3S/c1-11(2)9-12-5-4-6-13(10-12)15-14(16)7-8-19(3,17)18/h4-6,10-11H,7-9H2,1-3H3,(H,15,16). The second-order valence-electron chi connectivity index (χ2n) is 5.23. The molecule has 1 amide bonds. The number of nitrogens with one attached hydrogen (secondary N) is 1. The summed E-state index contributed by atoms with van der Waals surface area (Å²) in [6.45, 7) is 4.27. The van der Waals surface area contributed by atoms with Gasteiger partial charge in [0.1, 0.15) is 9.84 Å². The number of amides is 1. The summed E-state index contributed by atoms with van der Waals surface area (Å²) in [6.07, 6.45) is 2.07. The van der Waals surface area contributed by atoms with Gasteiger partial charge in [0.25, 0.3) is 0 Å². The van der Waals surface area contributed by atoms with Gasteiger partial charge in [-0.1, -0.05) is 26.0 Å². The molecule has 1 aromatic carbocycles. The molecule has 0 fully saturated rings. The van der Waals surface area contributed by atoms with Gasteiger partial charge >= 0.3 is 0 Å². The van der Waals surface area contributed by atoms with Crippen molar-refractivity contribution >= 4 is 21.4 Å². The molecule has 1 aromatic rings. The molecule has 5 heteroatoms. The Morgan fingerprint density at radius 3 is 2.58 bits per heavy atom. The number of sulfone groups is 1. The van der Waals surface area contributed by atoms with Crippen LogP contribution in [-0.2, 0) is 21.1 Å². The molecule has 0 unspecified atom stereocenters. The minimum atomic E-state index is -3.10. The lowest BCUT2D eigenvalue weighted by atomic mass is 10.0. The molecule has 0 saturated heterocycles. The van der Waals surface area contributed by atoms with E-state index in [0.717, 1.165) is 23.9 Å². The average Bonchev–Trinajstić information content (AvgIpc) is 2.25. The van der Waals surface area contributed by atoms with Crippen molar-refractivity contribution in [3.8, 4) is 0 Å². The van der Waals surface area contributed by atoms with E-state index in [1.807, 2.05) is 24.3 Å². The first-order valence-corrected chi connectivity index (χ1v) is 8.39. The van der Waals surface area contributed by atoms with E-state index >= 15 is 0 Å². The number of anilines is 1. The number of carbonyl (C=O) groups excluding carboxylic acids is 1. The first kappa shape index (κ1) is 15.7. The number of carbonyl (C=O) groups is 1. The van der Waals surface area contributed by atoms with Crippen molar-refractivity contribution < 1.29 is 13.2 Å². The van der Waals surface area contributed by atoms with Crippen LogP contribution in [-0.4, -0.2) is 26.3 Å². The largest absolute Gasteiger partial charge is 0.326 e. The van der Waals surface area contributed by atoms with Crippen molar-refractivity contribution in [2.24, 2.45) is 5.92 Å². The molecule has 4 nitrogen and oxygen atoms in total. The Kier molecular flexibility index (Phi) is 5.54. The molecule has 0 saturated carbocycles. The number of hydrogen-bond donors (Lipinski definition) is 1. The minimum absolute atomic E-state index is 0.00670. The zero-order valence-corrected chi connectivity index (χ0v) is 12.5. The zero-order chi connectivity index (χ0) is 14.5. The molecule has 0 aliphatic heterocycles. The maximum absolute atomic E-state index is 11.6. The highest BCUT2D eigenvalue weighted by molar-refractivity contribution is 7.90. The lowest BCUT2D eigenvalue weighted by molar-refractivity contribution is -0.115. The van der Waals surface area contributed by atoms with Crippen molar-refractivity contribution in [3.05, 3.63) is 29.8 Å². The minimum Gasteiger partial charge on any atom is -0.326 e. The Morgan fingerprint density at radius 1 is 1.32 bits per heavy atom. The van der Waals surface area contributed by atoms with E-state index < -0.39 is 9.84 Å². The molecule has 0 aromatic heterocycles. The summed E-state index contributed by atoms with van der Waals surface area (Å²) in [5, 5.41) is 2.72. The summed E-state index contributed by atoms with van der Waals surface area (Å²) < 4.78 is 22.0. The molecule has 0 heterocycles. The van der Waals surface area contributed by atoms with E-state index in [4.69, 9.17) is 0 Å². The van der Waals surface area contributed by atoms with E-state index in [-0.39, 0.29) is 18.1 Å². The Hall–Kier alpha value is -1.36. The molecular weight excluding hydrogens is 262 g/mol. The molecule has 19 heavy (non-hydrogen) atoms. The van der Waals surface area contributed by atoms with Gasteiger partial charge in [0.05, 0.1) is 5.75 Å². The van der Waals surface area contributed by atoms with Gasteiger partial charge in [-0.2, -0.15) is 0 Å². The van der Waals surface area contributed by atoms with E-state index in [2.05, 4.69) is 19.2 Å². The van der Waals surface area contributed by atoms with Gasteiger partial charge in [-0.15, -0.1) is 0 Å². The summed E-state index contributed by atoms with van der Waals surface area (Å²) in [4.78, 5) is 11.6. The van der Waals surface area contributed by atoms with Crippen LogP contribution in [0.3, 0.4) is 0 Å². The predicted octanol–water partition coefficient (Wildman–Crippen LogP) is 2.26. The Labute approximate surface area is 115 Å². The number of hydrogen-bond acceptors (Lipinski definition) is 3. The normalized spacial score (nSPS) is 11.6. The van der Waals surface area contributed by atoms with Crippen LogP contribution in [0.25, 0.3) is 0 Å². The molecule has 1 rings (SSSR count). The van der Waals surface area contributed by atoms with E-state index in [9.17, 15) is 13.2 Å². The van der Waals surface area contributed by atoms with Crippen LogP contribution < -0.4 is 5.32 Å². The SMILES string of the molecule is CC(C)Cc1cccc(NC(=O)CCS(C)(=O)=O)c1. The fourth-order valence-electron chi connectivity index (χ4n) is 1.75. The Balaban J connectivity index is 2.59. The van der Waals surface area contributed by atoms with Crippen LogP contribution in [0.5, 0.6) is 0 Å². The highest BCUT2D eigenvalue weighted by Crippen LogP contribution is 2.14. The summed E-state index contributed by atoms with van der Waals surface area (Å²) in [5.41, 5.74) is 1.88. The summed E-state index contributed by atoms with van der Waals surface area (Å²) >= 11 is 0. The topological polar surface area (TPSA) is 63.2 Å². The summed E-state index contributed by atoms with van der Waals surface area (Å²) in [7, 11) is -3.10. The number of benzene rings is 1. The third kappa shape index (κ3) is 6.96. The Bertz CT molecular complexity index is 535. The molecular formula is C14H21NO3S. The molecule has 0 bridgehead atoms. The van der Waals surface area contributed by atoms with Crippen LogP contribution in [0.2, 0.25) is 0 Å². The molecule has 0 radical (unpaired) electrons. The third-order valence-corrected chi connectivity index (χ3v) is 3.50. The maximum Gasteiger partial charge on any atom is 0.225 e. The van der Waals surface area contributed by atoms with Crippen molar-refractivity contribution in [3.63, 3.8) is 0 Å². The Morgan fingerprint density at radius 2 is 2.00 bits per heavy atom. The van der Waals surface area contributed by atoms with Crippen LogP contribution in [0.4, 0.5) is 5.69 Å². The molecule has 0 aliphatic rings. The first-order chi connectivity index (χ1) is 8.76. The zero-order valence-electron chi connectivity index (χ0n) is 11.6. The van der Waals surface area contributed by atoms with Crippen LogP contribution in [0, 0.1) is 5.92 Å². The van der Waals surface area contributed by atoms with Gasteiger partial charge in [-0.3, -0.25) is 4.79 Å². The van der Waals surface area contributed by atoms with Crippen LogP contribution in [0.15, 0.2) is 24.3 Å². The van der Waals surface area contributed by atoms with E-state index in [1.165, 1.54) is 0 Å². The highest BCUT2D eigenvalue weighted by Gasteiger charge is 2.08. The highest BCUT2D eigenvalue weighted by atomic mass is 32.2. The van der Waals surface area contributed by atoms with Gasteiger partial charge in [0, 0.05) is 18.4 Å². The lowest BCUT2D eigenvalue weighted by Gasteiger charge is -2.09. The predicted molar refractivity (Wildman–Crippen MR) is 77.9 cm³/mol. The monoisotopic (exact) mass is 283 g/mol. The van der Waals surface area contributed by atoms with Crippen molar-refractivity contribution in [2.75, 3.05) is 17.3 Å². The lowest BCUT2D eigenvalue weighted by Crippen LogP contribution is -2.16. The van der Waals surface area contributed by atoms with Gasteiger partial charge in [0.15, 0.2) is 0 Å². The van der Waals surface area contributed by atoms with Crippen LogP contribution >= 0.6 is 0 Å². The number of rotatable bonds is 6. The van der Waals surface area contributed by atoms with Gasteiger partial charge < -0.3 is 5.32 Å². The van der Waals surface area contributed by atoms with Crippen molar-refractivity contribution in [2.45, 2.75) is 26.7 Å². The smallest absolute Gasteiger partial charge is 0.225 e. The van der Waals surface area contributed by atoms with Crippen LogP contribution in [0.1, 0.15) is 25.8 Å². The van der Waals surface area contributed by atoms with Crippen molar-refractivity contribution in [1.82, 2.24) is 0 Å². The third-order valence-electron chi connectivity index (χ3n) is 2.55. The van der Waals surface area contributed by atoms with E-state index in [0.29, 0.717) is 5.92 Å². The second kappa shape index (κ2) is 6.70. The maximum atomic E-state index is 11.6. The molecule has 0 atom stereocenters. The van der Waals surface area contributed by atoms with Gasteiger partial charge in [-0.25, -0.2) is 8.42 Å². The van der Waals surface area contributed by atoms with Gasteiger partial charge in [-0.05, 0) is 30.0 Å². The first-order valence-electron chi connectivity index (χ1n) is 6.33. The molecule has 0 spiro atoms. The van der Waals surface area contributed by atoms with Gasteiger partial charge in [0.2, 0.25) is 5.91 Å². The van der Waals surface area contributed by atoms with E-state index in [1.54, 1.807) is 0 Å².